The normalized spacial score (nSPS) is 10.4. The van der Waals surface area contributed by atoms with E-state index >= 15 is 0 Å². The number of aromatic nitrogens is 4. The van der Waals surface area contributed by atoms with Crippen LogP contribution in [-0.4, -0.2) is 25.9 Å². The van der Waals surface area contributed by atoms with Gasteiger partial charge in [-0.05, 0) is 23.3 Å². The van der Waals surface area contributed by atoms with Crippen LogP contribution < -0.4 is 10.9 Å². The van der Waals surface area contributed by atoms with Crippen LogP contribution in [-0.2, 0) is 13.1 Å². The summed E-state index contributed by atoms with van der Waals surface area (Å²) in [6.07, 6.45) is 3.62. The maximum atomic E-state index is 12.0. The predicted molar refractivity (Wildman–Crippen MR) is 83.8 cm³/mol. The number of rotatable bonds is 5. The molecule has 0 aliphatic heterocycles. The van der Waals surface area contributed by atoms with Crippen molar-refractivity contribution in [3.63, 3.8) is 0 Å². The maximum absolute atomic E-state index is 12.0. The standard InChI is InChI=1S/C16H15N5O2/c22-15-7-6-14(19-20-15)16(23)17-10-12-4-1-2-5-13(12)11-21-9-3-8-18-21/h1-9H,10-11H2,(H,17,23)(H,20,22). The van der Waals surface area contributed by atoms with Gasteiger partial charge in [0.2, 0.25) is 0 Å². The molecule has 0 aliphatic carbocycles. The fourth-order valence-corrected chi connectivity index (χ4v) is 2.19. The molecular weight excluding hydrogens is 294 g/mol. The first kappa shape index (κ1) is 14.7. The van der Waals surface area contributed by atoms with Crippen LogP contribution in [0.15, 0.2) is 59.7 Å². The summed E-state index contributed by atoms with van der Waals surface area (Å²) in [5, 5.41) is 12.9. The molecule has 1 aromatic carbocycles. The van der Waals surface area contributed by atoms with E-state index < -0.39 is 0 Å². The molecule has 0 unspecified atom stereocenters. The van der Waals surface area contributed by atoms with Gasteiger partial charge in [0.15, 0.2) is 0 Å². The topological polar surface area (TPSA) is 92.7 Å². The van der Waals surface area contributed by atoms with Crippen LogP contribution in [0.4, 0.5) is 0 Å². The number of H-pyrrole nitrogens is 1. The third-order valence-corrected chi connectivity index (χ3v) is 3.36. The van der Waals surface area contributed by atoms with Crippen molar-refractivity contribution in [2.45, 2.75) is 13.1 Å². The average molecular weight is 309 g/mol. The minimum atomic E-state index is -0.342. The number of nitrogens with zero attached hydrogens (tertiary/aromatic N) is 3. The lowest BCUT2D eigenvalue weighted by Crippen LogP contribution is -2.26. The van der Waals surface area contributed by atoms with Crippen molar-refractivity contribution < 1.29 is 4.79 Å². The highest BCUT2D eigenvalue weighted by Crippen LogP contribution is 2.10. The van der Waals surface area contributed by atoms with Crippen molar-refractivity contribution in [3.05, 3.63) is 82.0 Å². The van der Waals surface area contributed by atoms with E-state index in [1.54, 1.807) is 6.20 Å². The van der Waals surface area contributed by atoms with Crippen LogP contribution in [0.2, 0.25) is 0 Å². The van der Waals surface area contributed by atoms with Crippen molar-refractivity contribution in [2.24, 2.45) is 0 Å². The highest BCUT2D eigenvalue weighted by molar-refractivity contribution is 5.91. The molecule has 23 heavy (non-hydrogen) atoms. The molecule has 3 rings (SSSR count). The lowest BCUT2D eigenvalue weighted by molar-refractivity contribution is 0.0944. The Bertz CT molecular complexity index is 834. The highest BCUT2D eigenvalue weighted by atomic mass is 16.2. The third-order valence-electron chi connectivity index (χ3n) is 3.36. The van der Waals surface area contributed by atoms with Gasteiger partial charge in [0, 0.05) is 25.0 Å². The van der Waals surface area contributed by atoms with E-state index in [-0.39, 0.29) is 17.2 Å². The molecular formula is C16H15N5O2. The Labute approximate surface area is 132 Å². The van der Waals surface area contributed by atoms with Crippen LogP contribution in [0.25, 0.3) is 0 Å². The second kappa shape index (κ2) is 6.69. The molecule has 2 aromatic heterocycles. The van der Waals surface area contributed by atoms with Crippen LogP contribution >= 0.6 is 0 Å². The summed E-state index contributed by atoms with van der Waals surface area (Å²) >= 11 is 0. The molecule has 7 nitrogen and oxygen atoms in total. The van der Waals surface area contributed by atoms with Gasteiger partial charge in [0.1, 0.15) is 5.69 Å². The Morgan fingerprint density at radius 3 is 2.65 bits per heavy atom. The first-order valence-electron chi connectivity index (χ1n) is 7.10. The zero-order valence-corrected chi connectivity index (χ0v) is 12.3. The molecule has 2 N–H and O–H groups in total. The zero-order chi connectivity index (χ0) is 16.1. The molecule has 2 heterocycles. The maximum Gasteiger partial charge on any atom is 0.271 e. The molecule has 0 spiro atoms. The van der Waals surface area contributed by atoms with E-state index in [1.165, 1.54) is 12.1 Å². The van der Waals surface area contributed by atoms with Crippen LogP contribution in [0, 0.1) is 0 Å². The van der Waals surface area contributed by atoms with E-state index in [9.17, 15) is 9.59 Å². The second-order valence-corrected chi connectivity index (χ2v) is 4.96. The fraction of sp³-hybridized carbons (Fsp3) is 0.125. The predicted octanol–water partition coefficient (Wildman–Crippen LogP) is 0.945. The SMILES string of the molecule is O=C(NCc1ccccc1Cn1cccn1)c1ccc(=O)[nH]n1. The largest absolute Gasteiger partial charge is 0.347 e. The van der Waals surface area contributed by atoms with Crippen molar-refractivity contribution in [1.82, 2.24) is 25.3 Å². The minimum absolute atomic E-state index is 0.175. The summed E-state index contributed by atoms with van der Waals surface area (Å²) < 4.78 is 1.82. The molecule has 0 aliphatic rings. The number of benzene rings is 1. The van der Waals surface area contributed by atoms with Crippen LogP contribution in [0.3, 0.4) is 0 Å². The third kappa shape index (κ3) is 3.70. The van der Waals surface area contributed by atoms with Crippen LogP contribution in [0.1, 0.15) is 21.6 Å². The highest BCUT2D eigenvalue weighted by Gasteiger charge is 2.09. The lowest BCUT2D eigenvalue weighted by Gasteiger charge is -2.10. The van der Waals surface area contributed by atoms with Crippen molar-refractivity contribution in [2.75, 3.05) is 0 Å². The van der Waals surface area contributed by atoms with Gasteiger partial charge in [-0.3, -0.25) is 14.3 Å². The molecule has 0 atom stereocenters. The molecule has 0 saturated heterocycles. The number of hydrogen-bond acceptors (Lipinski definition) is 4. The Balaban J connectivity index is 1.69. The van der Waals surface area contributed by atoms with E-state index in [0.29, 0.717) is 13.1 Å². The number of hydrogen-bond donors (Lipinski definition) is 2. The number of amides is 1. The molecule has 0 saturated carbocycles. The van der Waals surface area contributed by atoms with E-state index in [2.05, 4.69) is 20.6 Å². The molecule has 116 valence electrons. The molecule has 0 fully saturated rings. The van der Waals surface area contributed by atoms with Gasteiger partial charge in [-0.1, -0.05) is 24.3 Å². The fourth-order valence-electron chi connectivity index (χ4n) is 2.19. The monoisotopic (exact) mass is 309 g/mol. The first-order valence-corrected chi connectivity index (χ1v) is 7.10. The molecule has 1 amide bonds. The molecule has 3 aromatic rings. The van der Waals surface area contributed by atoms with Gasteiger partial charge >= 0.3 is 0 Å². The summed E-state index contributed by atoms with van der Waals surface area (Å²) in [5.41, 5.74) is 1.91. The average Bonchev–Trinajstić information content (AvgIpc) is 3.07. The minimum Gasteiger partial charge on any atom is -0.347 e. The number of carbonyl (C=O) groups is 1. The van der Waals surface area contributed by atoms with Gasteiger partial charge < -0.3 is 5.32 Å². The van der Waals surface area contributed by atoms with Gasteiger partial charge in [0.25, 0.3) is 11.5 Å². The van der Waals surface area contributed by atoms with E-state index in [0.717, 1.165) is 11.1 Å². The molecule has 7 heteroatoms. The van der Waals surface area contributed by atoms with Gasteiger partial charge in [-0.15, -0.1) is 0 Å². The van der Waals surface area contributed by atoms with E-state index in [4.69, 9.17) is 0 Å². The van der Waals surface area contributed by atoms with Crippen molar-refractivity contribution in [1.29, 1.82) is 0 Å². The van der Waals surface area contributed by atoms with Crippen molar-refractivity contribution in [3.8, 4) is 0 Å². The van der Waals surface area contributed by atoms with Crippen LogP contribution in [0.5, 0.6) is 0 Å². The number of aromatic amines is 1. The van der Waals surface area contributed by atoms with Gasteiger partial charge in [0.05, 0.1) is 6.54 Å². The van der Waals surface area contributed by atoms with Gasteiger partial charge in [-0.2, -0.15) is 10.2 Å². The van der Waals surface area contributed by atoms with Crippen molar-refractivity contribution >= 4 is 5.91 Å². The summed E-state index contributed by atoms with van der Waals surface area (Å²) in [6, 6.07) is 12.4. The Hall–Kier alpha value is -3.22. The number of nitrogens with one attached hydrogen (secondary N) is 2. The Morgan fingerprint density at radius 1 is 1.13 bits per heavy atom. The second-order valence-electron chi connectivity index (χ2n) is 4.96. The first-order chi connectivity index (χ1) is 11.2. The number of carbonyl (C=O) groups excluding carboxylic acids is 1. The molecule has 0 bridgehead atoms. The lowest BCUT2D eigenvalue weighted by atomic mass is 10.1. The Kier molecular flexibility index (Phi) is 4.28. The summed E-state index contributed by atoms with van der Waals surface area (Å²) in [7, 11) is 0. The smallest absolute Gasteiger partial charge is 0.271 e. The molecule has 0 radical (unpaired) electrons. The Morgan fingerprint density at radius 2 is 1.96 bits per heavy atom. The summed E-state index contributed by atoms with van der Waals surface area (Å²) in [5.74, 6) is -0.338. The summed E-state index contributed by atoms with van der Waals surface area (Å²) in [4.78, 5) is 23.0. The summed E-state index contributed by atoms with van der Waals surface area (Å²) in [6.45, 7) is 1.01. The quantitative estimate of drug-likeness (QED) is 0.734. The van der Waals surface area contributed by atoms with Gasteiger partial charge in [-0.25, -0.2) is 5.10 Å². The zero-order valence-electron chi connectivity index (χ0n) is 12.3. The van der Waals surface area contributed by atoms with E-state index in [1.807, 2.05) is 41.2 Å².